The number of nitrogens with zero attached hydrogens (tertiary/aromatic N) is 1. The van der Waals surface area contributed by atoms with Crippen LogP contribution in [0.1, 0.15) is 15.2 Å². The molecule has 0 unspecified atom stereocenters. The molecular weight excluding hydrogens is 420 g/mol. The molecule has 128 valence electrons. The molecule has 2 aromatic rings. The summed E-state index contributed by atoms with van der Waals surface area (Å²) in [4.78, 5) is 23.4. The van der Waals surface area contributed by atoms with Crippen molar-refractivity contribution in [3.05, 3.63) is 54.7 Å². The smallest absolute Gasteiger partial charge is 0.283 e. The molecule has 0 bridgehead atoms. The SMILES string of the molecule is CS(=O)(=O)c1ccc(C(=O)NCCc2ccc(Br)s2)c([N+](=O)[O-])c1. The Morgan fingerprint density at radius 2 is 2.04 bits per heavy atom. The summed E-state index contributed by atoms with van der Waals surface area (Å²) >= 11 is 4.88. The standard InChI is InChI=1S/C14H13BrN2O5S2/c1-24(21,22)10-3-4-11(12(8-10)17(19)20)14(18)16-7-6-9-2-5-13(15)23-9/h2-5,8H,6-7H2,1H3,(H,16,18). The van der Waals surface area contributed by atoms with Crippen molar-refractivity contribution < 1.29 is 18.1 Å². The van der Waals surface area contributed by atoms with Crippen LogP contribution in [0.4, 0.5) is 5.69 Å². The van der Waals surface area contributed by atoms with E-state index >= 15 is 0 Å². The molecule has 0 fully saturated rings. The third kappa shape index (κ3) is 4.62. The summed E-state index contributed by atoms with van der Waals surface area (Å²) < 4.78 is 24.0. The number of rotatable bonds is 6. The summed E-state index contributed by atoms with van der Waals surface area (Å²) in [5.41, 5.74) is -0.700. The topological polar surface area (TPSA) is 106 Å². The van der Waals surface area contributed by atoms with Gasteiger partial charge >= 0.3 is 0 Å². The van der Waals surface area contributed by atoms with Gasteiger partial charge in [0.15, 0.2) is 9.84 Å². The molecule has 7 nitrogen and oxygen atoms in total. The third-order valence-electron chi connectivity index (χ3n) is 3.12. The maximum Gasteiger partial charge on any atom is 0.283 e. The Bertz CT molecular complexity index is 892. The summed E-state index contributed by atoms with van der Waals surface area (Å²) in [5, 5.41) is 13.7. The number of hydrogen-bond acceptors (Lipinski definition) is 6. The number of halogens is 1. The minimum atomic E-state index is -3.59. The second-order valence-electron chi connectivity index (χ2n) is 4.92. The Balaban J connectivity index is 2.14. The van der Waals surface area contributed by atoms with Crippen LogP contribution in [-0.2, 0) is 16.3 Å². The van der Waals surface area contributed by atoms with Gasteiger partial charge in [-0.05, 0) is 46.6 Å². The highest BCUT2D eigenvalue weighted by Gasteiger charge is 2.23. The van der Waals surface area contributed by atoms with Crippen molar-refractivity contribution in [1.82, 2.24) is 5.32 Å². The number of sulfone groups is 1. The molecule has 1 aromatic heterocycles. The van der Waals surface area contributed by atoms with E-state index in [-0.39, 0.29) is 10.5 Å². The lowest BCUT2D eigenvalue weighted by atomic mass is 10.1. The van der Waals surface area contributed by atoms with Crippen molar-refractivity contribution in [2.24, 2.45) is 0 Å². The normalized spacial score (nSPS) is 11.2. The average molecular weight is 433 g/mol. The average Bonchev–Trinajstić information content (AvgIpc) is 2.91. The second kappa shape index (κ2) is 7.41. The quantitative estimate of drug-likeness (QED) is 0.557. The highest BCUT2D eigenvalue weighted by Crippen LogP contribution is 2.24. The minimum Gasteiger partial charge on any atom is -0.351 e. The van der Waals surface area contributed by atoms with E-state index in [1.807, 2.05) is 12.1 Å². The Morgan fingerprint density at radius 1 is 1.33 bits per heavy atom. The second-order valence-corrected chi connectivity index (χ2v) is 9.48. The molecule has 1 N–H and O–H groups in total. The number of carbonyl (C=O) groups is 1. The van der Waals surface area contributed by atoms with Gasteiger partial charge in [0.05, 0.1) is 13.6 Å². The van der Waals surface area contributed by atoms with Gasteiger partial charge < -0.3 is 5.32 Å². The molecular formula is C14H13BrN2O5S2. The number of thiophene rings is 1. The van der Waals surface area contributed by atoms with Crippen LogP contribution in [-0.4, -0.2) is 32.0 Å². The van der Waals surface area contributed by atoms with Crippen molar-refractivity contribution in [2.75, 3.05) is 12.8 Å². The van der Waals surface area contributed by atoms with Gasteiger partial charge in [0.25, 0.3) is 11.6 Å². The molecule has 0 aliphatic carbocycles. The fourth-order valence-corrected chi connectivity index (χ4v) is 4.09. The fraction of sp³-hybridized carbons (Fsp3) is 0.214. The van der Waals surface area contributed by atoms with E-state index in [9.17, 15) is 23.3 Å². The van der Waals surface area contributed by atoms with E-state index in [1.165, 1.54) is 17.4 Å². The van der Waals surface area contributed by atoms with Crippen molar-refractivity contribution in [3.8, 4) is 0 Å². The summed E-state index contributed by atoms with van der Waals surface area (Å²) in [5.74, 6) is -0.614. The molecule has 0 radical (unpaired) electrons. The van der Waals surface area contributed by atoms with Gasteiger partial charge in [-0.2, -0.15) is 0 Å². The number of carbonyl (C=O) groups excluding carboxylic acids is 1. The van der Waals surface area contributed by atoms with E-state index in [4.69, 9.17) is 0 Å². The first-order chi connectivity index (χ1) is 11.2. The van der Waals surface area contributed by atoms with Crippen molar-refractivity contribution in [2.45, 2.75) is 11.3 Å². The Labute approximate surface area is 150 Å². The molecule has 0 saturated carbocycles. The Hall–Kier alpha value is -1.78. The first kappa shape index (κ1) is 18.6. The zero-order chi connectivity index (χ0) is 17.9. The summed E-state index contributed by atoms with van der Waals surface area (Å²) in [6, 6.07) is 7.07. The van der Waals surface area contributed by atoms with Crippen LogP contribution >= 0.6 is 27.3 Å². The first-order valence-corrected chi connectivity index (χ1v) is 10.2. The van der Waals surface area contributed by atoms with Gasteiger partial charge in [0.2, 0.25) is 0 Å². The van der Waals surface area contributed by atoms with Crippen LogP contribution < -0.4 is 5.32 Å². The van der Waals surface area contributed by atoms with Gasteiger partial charge in [-0.1, -0.05) is 0 Å². The maximum absolute atomic E-state index is 12.2. The minimum absolute atomic E-state index is 0.167. The van der Waals surface area contributed by atoms with Crippen molar-refractivity contribution >= 4 is 48.7 Å². The Kier molecular flexibility index (Phi) is 5.73. The number of benzene rings is 1. The predicted octanol–water partition coefficient (Wildman–Crippen LogP) is 2.79. The number of nitrogens with one attached hydrogen (secondary N) is 1. The lowest BCUT2D eigenvalue weighted by molar-refractivity contribution is -0.385. The predicted molar refractivity (Wildman–Crippen MR) is 94.3 cm³/mol. The summed E-state index contributed by atoms with van der Waals surface area (Å²) in [6.45, 7) is 0.316. The zero-order valence-corrected chi connectivity index (χ0v) is 15.7. The van der Waals surface area contributed by atoms with Crippen LogP contribution in [0.5, 0.6) is 0 Å². The summed E-state index contributed by atoms with van der Waals surface area (Å²) in [6.07, 6.45) is 1.54. The molecule has 1 amide bonds. The molecule has 0 aliphatic rings. The maximum atomic E-state index is 12.2. The van der Waals surface area contributed by atoms with Crippen LogP contribution in [0.15, 0.2) is 39.0 Å². The molecule has 24 heavy (non-hydrogen) atoms. The lowest BCUT2D eigenvalue weighted by Gasteiger charge is -2.06. The molecule has 10 heteroatoms. The highest BCUT2D eigenvalue weighted by molar-refractivity contribution is 9.11. The number of nitro benzene ring substituents is 1. The molecule has 2 rings (SSSR count). The van der Waals surface area contributed by atoms with Gasteiger partial charge in [-0.3, -0.25) is 14.9 Å². The van der Waals surface area contributed by atoms with Gasteiger partial charge in [0, 0.05) is 23.7 Å². The molecule has 0 aliphatic heterocycles. The zero-order valence-electron chi connectivity index (χ0n) is 12.5. The Morgan fingerprint density at radius 3 is 2.58 bits per heavy atom. The monoisotopic (exact) mass is 432 g/mol. The highest BCUT2D eigenvalue weighted by atomic mass is 79.9. The summed E-state index contributed by atoms with van der Waals surface area (Å²) in [7, 11) is -3.59. The van der Waals surface area contributed by atoms with Gasteiger partial charge in [-0.25, -0.2) is 8.42 Å². The van der Waals surface area contributed by atoms with Gasteiger partial charge in [-0.15, -0.1) is 11.3 Å². The van der Waals surface area contributed by atoms with Crippen LogP contribution in [0, 0.1) is 10.1 Å². The van der Waals surface area contributed by atoms with E-state index in [2.05, 4.69) is 21.2 Å². The van der Waals surface area contributed by atoms with E-state index in [1.54, 1.807) is 0 Å². The van der Waals surface area contributed by atoms with E-state index in [0.29, 0.717) is 13.0 Å². The lowest BCUT2D eigenvalue weighted by Crippen LogP contribution is -2.26. The largest absolute Gasteiger partial charge is 0.351 e. The van der Waals surface area contributed by atoms with Crippen molar-refractivity contribution in [1.29, 1.82) is 0 Å². The third-order valence-corrected chi connectivity index (χ3v) is 5.92. The number of nitro groups is 1. The van der Waals surface area contributed by atoms with Gasteiger partial charge in [0.1, 0.15) is 5.56 Å². The molecule has 1 aromatic carbocycles. The van der Waals surface area contributed by atoms with E-state index in [0.717, 1.165) is 27.1 Å². The molecule has 1 heterocycles. The number of hydrogen-bond donors (Lipinski definition) is 1. The first-order valence-electron chi connectivity index (χ1n) is 6.69. The number of amides is 1. The molecule has 0 atom stereocenters. The van der Waals surface area contributed by atoms with Crippen molar-refractivity contribution in [3.63, 3.8) is 0 Å². The van der Waals surface area contributed by atoms with Crippen LogP contribution in [0.2, 0.25) is 0 Å². The fourth-order valence-electron chi connectivity index (χ4n) is 1.97. The molecule has 0 spiro atoms. The molecule has 0 saturated heterocycles. The van der Waals surface area contributed by atoms with E-state index < -0.39 is 26.4 Å². The van der Waals surface area contributed by atoms with Crippen LogP contribution in [0.25, 0.3) is 0 Å². The van der Waals surface area contributed by atoms with Crippen LogP contribution in [0.3, 0.4) is 0 Å².